The molecule has 3 aromatic rings. The second-order valence-corrected chi connectivity index (χ2v) is 7.93. The molecule has 8 nitrogen and oxygen atoms in total. The van der Waals surface area contributed by atoms with Gasteiger partial charge in [0.05, 0.1) is 18.1 Å². The van der Waals surface area contributed by atoms with Crippen LogP contribution in [0.25, 0.3) is 17.1 Å². The molecule has 0 spiro atoms. The fraction of sp³-hybridized carbons (Fsp3) is 0.346. The molecule has 0 bridgehead atoms. The molecule has 180 valence electrons. The van der Waals surface area contributed by atoms with E-state index in [0.717, 1.165) is 42.0 Å². The monoisotopic (exact) mass is 463 g/mol. The van der Waals surface area contributed by atoms with Gasteiger partial charge in [-0.1, -0.05) is 38.1 Å². The number of anilines is 1. The van der Waals surface area contributed by atoms with Gasteiger partial charge < -0.3 is 19.5 Å². The number of carbonyl (C=O) groups excluding carboxylic acids is 2. The molecule has 2 N–H and O–H groups in total. The van der Waals surface area contributed by atoms with Crippen LogP contribution in [0, 0.1) is 0 Å². The van der Waals surface area contributed by atoms with Gasteiger partial charge in [-0.15, -0.1) is 0 Å². The Balaban J connectivity index is 1.65. The molecule has 0 aliphatic carbocycles. The number of amides is 2. The highest BCUT2D eigenvalue weighted by molar-refractivity contribution is 5.99. The van der Waals surface area contributed by atoms with E-state index in [0.29, 0.717) is 12.5 Å². The molecule has 0 radical (unpaired) electrons. The van der Waals surface area contributed by atoms with Gasteiger partial charge in [0.15, 0.2) is 0 Å². The number of para-hydroxylation sites is 2. The van der Waals surface area contributed by atoms with Gasteiger partial charge in [0, 0.05) is 19.2 Å². The van der Waals surface area contributed by atoms with Crippen molar-refractivity contribution in [1.82, 2.24) is 19.8 Å². The second-order valence-electron chi connectivity index (χ2n) is 7.93. The van der Waals surface area contributed by atoms with Gasteiger partial charge in [-0.2, -0.15) is 0 Å². The summed E-state index contributed by atoms with van der Waals surface area (Å²) in [5.74, 6) is 0.544. The number of methoxy groups -OCH3 is 1. The predicted molar refractivity (Wildman–Crippen MR) is 136 cm³/mol. The maximum absolute atomic E-state index is 12.8. The summed E-state index contributed by atoms with van der Waals surface area (Å²) in [5.41, 5.74) is 2.63. The Hall–Kier alpha value is -3.65. The van der Waals surface area contributed by atoms with Crippen LogP contribution in [-0.4, -0.2) is 59.1 Å². The SMILES string of the molecule is CCN(CC)CCn1c(NC(=O)C(C)NC(=O)/C=C/c2ccc(OC)cc2)nc2ccccc21. The minimum atomic E-state index is -0.732. The normalized spacial score (nSPS) is 12.3. The van der Waals surface area contributed by atoms with Gasteiger partial charge in [0.25, 0.3) is 0 Å². The highest BCUT2D eigenvalue weighted by Crippen LogP contribution is 2.20. The molecular weight excluding hydrogens is 430 g/mol. The van der Waals surface area contributed by atoms with Gasteiger partial charge >= 0.3 is 0 Å². The molecule has 0 aliphatic heterocycles. The Bertz CT molecular complexity index is 1130. The summed E-state index contributed by atoms with van der Waals surface area (Å²) in [6.07, 6.45) is 3.09. The van der Waals surface area contributed by atoms with Crippen molar-refractivity contribution in [3.63, 3.8) is 0 Å². The number of hydrogen-bond donors (Lipinski definition) is 2. The molecule has 1 heterocycles. The lowest BCUT2D eigenvalue weighted by Crippen LogP contribution is -2.41. The van der Waals surface area contributed by atoms with Crippen LogP contribution in [0.1, 0.15) is 26.3 Å². The summed E-state index contributed by atoms with van der Waals surface area (Å²) in [6, 6.07) is 14.4. The lowest BCUT2D eigenvalue weighted by atomic mass is 10.2. The number of nitrogens with one attached hydrogen (secondary N) is 2. The number of fused-ring (bicyclic) bond motifs is 1. The van der Waals surface area contributed by atoms with Gasteiger partial charge in [-0.05, 0) is 55.9 Å². The number of rotatable bonds is 11. The molecule has 2 amide bonds. The van der Waals surface area contributed by atoms with Gasteiger partial charge in [-0.3, -0.25) is 14.9 Å². The molecule has 8 heteroatoms. The Morgan fingerprint density at radius 3 is 2.50 bits per heavy atom. The van der Waals surface area contributed by atoms with Crippen LogP contribution in [0.2, 0.25) is 0 Å². The Labute approximate surface area is 200 Å². The number of hydrogen-bond acceptors (Lipinski definition) is 5. The van der Waals surface area contributed by atoms with Crippen LogP contribution in [-0.2, 0) is 16.1 Å². The lowest BCUT2D eigenvalue weighted by molar-refractivity contribution is -0.123. The third-order valence-electron chi connectivity index (χ3n) is 5.72. The zero-order valence-corrected chi connectivity index (χ0v) is 20.2. The topological polar surface area (TPSA) is 88.5 Å². The number of carbonyl (C=O) groups is 2. The van der Waals surface area contributed by atoms with E-state index in [9.17, 15) is 9.59 Å². The fourth-order valence-corrected chi connectivity index (χ4v) is 3.61. The number of aromatic nitrogens is 2. The Morgan fingerprint density at radius 2 is 1.82 bits per heavy atom. The number of benzene rings is 2. The third-order valence-corrected chi connectivity index (χ3v) is 5.72. The Kier molecular flexibility index (Phi) is 8.81. The van der Waals surface area contributed by atoms with E-state index in [2.05, 4.69) is 34.4 Å². The van der Waals surface area contributed by atoms with Crippen molar-refractivity contribution in [2.45, 2.75) is 33.4 Å². The number of ether oxygens (including phenoxy) is 1. The maximum Gasteiger partial charge on any atom is 0.248 e. The van der Waals surface area contributed by atoms with E-state index in [4.69, 9.17) is 4.74 Å². The summed E-state index contributed by atoms with van der Waals surface area (Å²) in [7, 11) is 1.60. The van der Waals surface area contributed by atoms with Gasteiger partial charge in [-0.25, -0.2) is 4.98 Å². The highest BCUT2D eigenvalue weighted by atomic mass is 16.5. The van der Waals surface area contributed by atoms with E-state index >= 15 is 0 Å². The average Bonchev–Trinajstić information content (AvgIpc) is 3.20. The van der Waals surface area contributed by atoms with Crippen LogP contribution < -0.4 is 15.4 Å². The molecule has 1 unspecified atom stereocenters. The number of likely N-dealkylation sites (N-methyl/N-ethyl adjacent to an activating group) is 1. The van der Waals surface area contributed by atoms with Crippen molar-refractivity contribution in [1.29, 1.82) is 0 Å². The first kappa shape index (κ1) is 25.0. The largest absolute Gasteiger partial charge is 0.497 e. The third kappa shape index (κ3) is 6.45. The first-order valence-corrected chi connectivity index (χ1v) is 11.6. The van der Waals surface area contributed by atoms with Crippen LogP contribution >= 0.6 is 0 Å². The van der Waals surface area contributed by atoms with Crippen molar-refractivity contribution < 1.29 is 14.3 Å². The van der Waals surface area contributed by atoms with Crippen LogP contribution in [0.15, 0.2) is 54.6 Å². The quantitative estimate of drug-likeness (QED) is 0.425. The first-order valence-electron chi connectivity index (χ1n) is 11.6. The number of nitrogens with zero attached hydrogens (tertiary/aromatic N) is 3. The zero-order valence-electron chi connectivity index (χ0n) is 20.2. The van der Waals surface area contributed by atoms with Crippen LogP contribution in [0.4, 0.5) is 5.95 Å². The van der Waals surface area contributed by atoms with Crippen LogP contribution in [0.3, 0.4) is 0 Å². The summed E-state index contributed by atoms with van der Waals surface area (Å²) in [4.78, 5) is 32.1. The minimum Gasteiger partial charge on any atom is -0.497 e. The summed E-state index contributed by atoms with van der Waals surface area (Å²) in [5, 5.41) is 5.60. The van der Waals surface area contributed by atoms with Crippen LogP contribution in [0.5, 0.6) is 5.75 Å². The molecule has 1 aromatic heterocycles. The van der Waals surface area contributed by atoms with Crippen molar-refractivity contribution in [3.05, 3.63) is 60.2 Å². The summed E-state index contributed by atoms with van der Waals surface area (Å²) >= 11 is 0. The van der Waals surface area contributed by atoms with Crippen molar-refractivity contribution in [2.75, 3.05) is 32.1 Å². The average molecular weight is 464 g/mol. The zero-order chi connectivity index (χ0) is 24.5. The van der Waals surface area contributed by atoms with Crippen molar-refractivity contribution in [3.8, 4) is 5.75 Å². The van der Waals surface area contributed by atoms with Gasteiger partial charge in [0.2, 0.25) is 17.8 Å². The maximum atomic E-state index is 12.8. The second kappa shape index (κ2) is 12.0. The fourth-order valence-electron chi connectivity index (χ4n) is 3.61. The molecule has 3 rings (SSSR count). The van der Waals surface area contributed by atoms with Gasteiger partial charge in [0.1, 0.15) is 11.8 Å². The number of imidazole rings is 1. The molecule has 0 fully saturated rings. The highest BCUT2D eigenvalue weighted by Gasteiger charge is 2.19. The molecule has 2 aromatic carbocycles. The molecule has 0 saturated carbocycles. The first-order chi connectivity index (χ1) is 16.4. The minimum absolute atomic E-state index is 0.328. The van der Waals surface area contributed by atoms with E-state index in [1.165, 1.54) is 6.08 Å². The summed E-state index contributed by atoms with van der Waals surface area (Å²) in [6.45, 7) is 9.37. The molecular formula is C26H33N5O3. The van der Waals surface area contributed by atoms with Crippen molar-refractivity contribution in [2.24, 2.45) is 0 Å². The Morgan fingerprint density at radius 1 is 1.12 bits per heavy atom. The molecule has 34 heavy (non-hydrogen) atoms. The molecule has 0 saturated heterocycles. The van der Waals surface area contributed by atoms with E-state index in [-0.39, 0.29) is 11.8 Å². The predicted octanol–water partition coefficient (Wildman–Crippen LogP) is 3.54. The van der Waals surface area contributed by atoms with Crippen molar-refractivity contribution >= 4 is 34.9 Å². The van der Waals surface area contributed by atoms with E-state index in [1.54, 1.807) is 20.1 Å². The van der Waals surface area contributed by atoms with E-state index in [1.807, 2.05) is 53.1 Å². The standard InChI is InChI=1S/C26H33N5O3/c1-5-30(6-2)17-18-31-23-10-8-7-9-22(23)28-26(31)29-25(33)19(3)27-24(32)16-13-20-11-14-21(34-4)15-12-20/h7-16,19H,5-6,17-18H2,1-4H3,(H,27,32)(H,28,29,33)/b16-13+. The lowest BCUT2D eigenvalue weighted by Gasteiger charge is -2.20. The van der Waals surface area contributed by atoms with E-state index < -0.39 is 6.04 Å². The smallest absolute Gasteiger partial charge is 0.248 e. The molecule has 0 aliphatic rings. The molecule has 1 atom stereocenters. The summed E-state index contributed by atoms with van der Waals surface area (Å²) < 4.78 is 7.15.